The van der Waals surface area contributed by atoms with Crippen molar-refractivity contribution in [2.24, 2.45) is 0 Å². The molecule has 0 aromatic heterocycles. The number of carbonyl (C=O) groups is 1. The summed E-state index contributed by atoms with van der Waals surface area (Å²) in [5.41, 5.74) is 0.385. The summed E-state index contributed by atoms with van der Waals surface area (Å²) in [5.74, 6) is 0.561. The van der Waals surface area contributed by atoms with Crippen LogP contribution in [0.15, 0.2) is 24.8 Å². The lowest BCUT2D eigenvalue weighted by Gasteiger charge is -2.40. The van der Waals surface area contributed by atoms with E-state index in [1.54, 1.807) is 11.0 Å². The molecule has 1 heterocycles. The lowest BCUT2D eigenvalue weighted by atomic mass is 10.1. The van der Waals surface area contributed by atoms with E-state index in [0.717, 1.165) is 19.4 Å². The molecule has 1 saturated heterocycles. The summed E-state index contributed by atoms with van der Waals surface area (Å²) in [5, 5.41) is 20.1. The summed E-state index contributed by atoms with van der Waals surface area (Å²) >= 11 is 0. The zero-order valence-corrected chi connectivity index (χ0v) is 13.9. The Morgan fingerprint density at radius 1 is 1.44 bits per heavy atom. The first kappa shape index (κ1) is 17.2. The number of non-ortho nitro benzene ring substituents is 1. The third kappa shape index (κ3) is 3.58. The van der Waals surface area contributed by atoms with Gasteiger partial charge in [0.25, 0.3) is 5.69 Å². The van der Waals surface area contributed by atoms with E-state index < -0.39 is 11.0 Å². The molecule has 1 spiro atoms. The fourth-order valence-corrected chi connectivity index (χ4v) is 3.35. The van der Waals surface area contributed by atoms with E-state index in [1.807, 2.05) is 0 Å². The van der Waals surface area contributed by atoms with E-state index in [2.05, 4.69) is 11.5 Å². The Balaban J connectivity index is 1.55. The second-order valence-corrected chi connectivity index (χ2v) is 6.47. The Hall–Kier alpha value is -2.61. The SMILES string of the molecule is C=Cc1cc([N+](=O)[O-])ccc1OCCN1CCN(C(=O)O)C2(CC2)C1. The second kappa shape index (κ2) is 6.72. The van der Waals surface area contributed by atoms with E-state index in [1.165, 1.54) is 18.2 Å². The van der Waals surface area contributed by atoms with Gasteiger partial charge in [0.2, 0.25) is 0 Å². The van der Waals surface area contributed by atoms with Gasteiger partial charge in [-0.15, -0.1) is 0 Å². The first-order chi connectivity index (χ1) is 11.9. The molecule has 1 amide bonds. The van der Waals surface area contributed by atoms with Gasteiger partial charge in [-0.25, -0.2) is 4.79 Å². The molecule has 0 radical (unpaired) electrons. The zero-order chi connectivity index (χ0) is 18.0. The van der Waals surface area contributed by atoms with Gasteiger partial charge in [0.1, 0.15) is 12.4 Å². The minimum Gasteiger partial charge on any atom is -0.492 e. The lowest BCUT2D eigenvalue weighted by Crippen LogP contribution is -2.57. The van der Waals surface area contributed by atoms with Crippen molar-refractivity contribution in [3.8, 4) is 5.75 Å². The Morgan fingerprint density at radius 2 is 2.20 bits per heavy atom. The molecule has 1 aliphatic carbocycles. The molecule has 1 aliphatic heterocycles. The summed E-state index contributed by atoms with van der Waals surface area (Å²) < 4.78 is 5.76. The third-order valence-electron chi connectivity index (χ3n) is 4.88. The Morgan fingerprint density at radius 3 is 2.80 bits per heavy atom. The van der Waals surface area contributed by atoms with Crippen LogP contribution in [0.5, 0.6) is 5.75 Å². The summed E-state index contributed by atoms with van der Waals surface area (Å²) in [7, 11) is 0. The van der Waals surface area contributed by atoms with Gasteiger partial charge in [-0.05, 0) is 18.9 Å². The number of benzene rings is 1. The molecule has 8 nitrogen and oxygen atoms in total. The lowest BCUT2D eigenvalue weighted by molar-refractivity contribution is -0.384. The topological polar surface area (TPSA) is 96.2 Å². The molecule has 8 heteroatoms. The van der Waals surface area contributed by atoms with Crippen LogP contribution in [0.25, 0.3) is 6.08 Å². The van der Waals surface area contributed by atoms with Crippen molar-refractivity contribution in [3.05, 3.63) is 40.5 Å². The molecule has 1 aromatic rings. The highest BCUT2D eigenvalue weighted by Gasteiger charge is 2.53. The number of amides is 1. The third-order valence-corrected chi connectivity index (χ3v) is 4.88. The first-order valence-electron chi connectivity index (χ1n) is 8.22. The van der Waals surface area contributed by atoms with Gasteiger partial charge in [0.05, 0.1) is 10.5 Å². The summed E-state index contributed by atoms with van der Waals surface area (Å²) in [6.07, 6.45) is 2.53. The Kier molecular flexibility index (Phi) is 4.63. The van der Waals surface area contributed by atoms with E-state index in [0.29, 0.717) is 37.6 Å². The van der Waals surface area contributed by atoms with Crippen LogP contribution in [-0.2, 0) is 0 Å². The van der Waals surface area contributed by atoms with Crippen LogP contribution in [-0.4, -0.2) is 64.2 Å². The molecular formula is C17H21N3O5. The standard InChI is InChI=1S/C17H21N3O5/c1-2-13-11-14(20(23)24)3-4-15(13)25-10-9-18-7-8-19(16(21)22)17(12-18)5-6-17/h2-4,11H,1,5-10,12H2,(H,21,22). The van der Waals surface area contributed by atoms with Crippen LogP contribution >= 0.6 is 0 Å². The summed E-state index contributed by atoms with van der Waals surface area (Å²) in [6, 6.07) is 4.43. The maximum atomic E-state index is 11.3. The van der Waals surface area contributed by atoms with Crippen molar-refractivity contribution >= 4 is 17.9 Å². The molecule has 1 aromatic carbocycles. The minimum absolute atomic E-state index is 0.00252. The molecular weight excluding hydrogens is 326 g/mol. The van der Waals surface area contributed by atoms with Gasteiger partial charge in [-0.3, -0.25) is 15.0 Å². The summed E-state index contributed by atoms with van der Waals surface area (Å²) in [6.45, 7) is 6.72. The van der Waals surface area contributed by atoms with Gasteiger partial charge in [0, 0.05) is 43.9 Å². The number of hydrogen-bond donors (Lipinski definition) is 1. The molecule has 25 heavy (non-hydrogen) atoms. The van der Waals surface area contributed by atoms with Gasteiger partial charge in [0.15, 0.2) is 0 Å². The highest BCUT2D eigenvalue weighted by Crippen LogP contribution is 2.44. The first-order valence-corrected chi connectivity index (χ1v) is 8.22. The predicted octanol–water partition coefficient (Wildman–Crippen LogP) is 2.44. The zero-order valence-electron chi connectivity index (χ0n) is 13.9. The van der Waals surface area contributed by atoms with Crippen LogP contribution < -0.4 is 4.74 Å². The molecule has 134 valence electrons. The van der Waals surface area contributed by atoms with Crippen molar-refractivity contribution in [1.29, 1.82) is 0 Å². The van der Waals surface area contributed by atoms with Crippen molar-refractivity contribution in [3.63, 3.8) is 0 Å². The average Bonchev–Trinajstić information content (AvgIpc) is 3.34. The molecule has 0 unspecified atom stereocenters. The number of carboxylic acid groups (broad SMARTS) is 1. The summed E-state index contributed by atoms with van der Waals surface area (Å²) in [4.78, 5) is 25.4. The van der Waals surface area contributed by atoms with E-state index in [9.17, 15) is 20.0 Å². The fourth-order valence-electron chi connectivity index (χ4n) is 3.35. The number of ether oxygens (including phenoxy) is 1. The molecule has 1 saturated carbocycles. The molecule has 0 bridgehead atoms. The largest absolute Gasteiger partial charge is 0.492 e. The highest BCUT2D eigenvalue weighted by atomic mass is 16.6. The molecule has 2 aliphatic rings. The van der Waals surface area contributed by atoms with Crippen LogP contribution in [0.3, 0.4) is 0 Å². The van der Waals surface area contributed by atoms with Gasteiger partial charge in [-0.1, -0.05) is 12.7 Å². The molecule has 3 rings (SSSR count). The second-order valence-electron chi connectivity index (χ2n) is 6.47. The van der Waals surface area contributed by atoms with E-state index in [-0.39, 0.29) is 11.2 Å². The van der Waals surface area contributed by atoms with E-state index in [4.69, 9.17) is 4.74 Å². The monoisotopic (exact) mass is 347 g/mol. The average molecular weight is 347 g/mol. The van der Waals surface area contributed by atoms with Crippen LogP contribution in [0.2, 0.25) is 0 Å². The number of piperazine rings is 1. The molecule has 0 atom stereocenters. The van der Waals surface area contributed by atoms with Crippen molar-refractivity contribution < 1.29 is 19.6 Å². The van der Waals surface area contributed by atoms with Crippen molar-refractivity contribution in [2.45, 2.75) is 18.4 Å². The quantitative estimate of drug-likeness (QED) is 0.627. The van der Waals surface area contributed by atoms with Crippen LogP contribution in [0.4, 0.5) is 10.5 Å². The number of nitrogens with zero attached hydrogens (tertiary/aromatic N) is 3. The van der Waals surface area contributed by atoms with Crippen molar-refractivity contribution in [1.82, 2.24) is 9.80 Å². The Labute approximate surface area is 145 Å². The highest BCUT2D eigenvalue weighted by molar-refractivity contribution is 5.67. The van der Waals surface area contributed by atoms with Gasteiger partial charge >= 0.3 is 6.09 Å². The van der Waals surface area contributed by atoms with Gasteiger partial charge in [-0.2, -0.15) is 0 Å². The predicted molar refractivity (Wildman–Crippen MR) is 91.8 cm³/mol. The normalized spacial score (nSPS) is 18.8. The fraction of sp³-hybridized carbons (Fsp3) is 0.471. The van der Waals surface area contributed by atoms with Gasteiger partial charge < -0.3 is 14.7 Å². The maximum absolute atomic E-state index is 11.3. The van der Waals surface area contributed by atoms with Crippen LogP contribution in [0.1, 0.15) is 18.4 Å². The minimum atomic E-state index is -0.838. The number of hydrogen-bond acceptors (Lipinski definition) is 5. The number of rotatable bonds is 6. The number of nitro benzene ring substituents is 1. The Bertz CT molecular complexity index is 702. The van der Waals surface area contributed by atoms with Crippen LogP contribution in [0, 0.1) is 10.1 Å². The smallest absolute Gasteiger partial charge is 0.407 e. The van der Waals surface area contributed by atoms with Crippen molar-refractivity contribution in [2.75, 3.05) is 32.8 Å². The molecule has 2 fully saturated rings. The maximum Gasteiger partial charge on any atom is 0.407 e. The molecule has 1 N–H and O–H groups in total. The number of nitro groups is 1. The van der Waals surface area contributed by atoms with E-state index >= 15 is 0 Å².